The summed E-state index contributed by atoms with van der Waals surface area (Å²) in [5, 5.41) is 6.79. The zero-order chi connectivity index (χ0) is 21.4. The quantitative estimate of drug-likeness (QED) is 0.604. The van der Waals surface area contributed by atoms with Crippen LogP contribution in [0.2, 0.25) is 0 Å². The molecule has 1 heterocycles. The van der Waals surface area contributed by atoms with Crippen LogP contribution < -0.4 is 5.32 Å². The summed E-state index contributed by atoms with van der Waals surface area (Å²) in [6.07, 6.45) is 2.65. The maximum Gasteiger partial charge on any atom is 0.410 e. The minimum absolute atomic E-state index is 0.260. The SMILES string of the molecule is CO/N=C1/CN(C(=O)OC(C)(C)C)CC/C1=C\CNC(=O)c1ccccc1C=O. The molecule has 1 saturated heterocycles. The van der Waals surface area contributed by atoms with E-state index in [4.69, 9.17) is 9.57 Å². The predicted molar refractivity (Wildman–Crippen MR) is 109 cm³/mol. The Morgan fingerprint density at radius 2 is 2.00 bits per heavy atom. The highest BCUT2D eigenvalue weighted by atomic mass is 16.6. The Bertz CT molecular complexity index is 824. The fraction of sp³-hybridized carbons (Fsp3) is 0.429. The molecule has 0 unspecified atom stereocenters. The van der Waals surface area contributed by atoms with Crippen molar-refractivity contribution in [2.75, 3.05) is 26.7 Å². The minimum atomic E-state index is -0.576. The molecule has 0 spiro atoms. The normalized spacial score (nSPS) is 17.2. The first-order chi connectivity index (χ1) is 13.7. The summed E-state index contributed by atoms with van der Waals surface area (Å²) < 4.78 is 5.41. The smallest absolute Gasteiger partial charge is 0.410 e. The van der Waals surface area contributed by atoms with Gasteiger partial charge in [-0.1, -0.05) is 29.4 Å². The fourth-order valence-corrected chi connectivity index (χ4v) is 2.83. The molecule has 29 heavy (non-hydrogen) atoms. The van der Waals surface area contributed by atoms with Gasteiger partial charge in [0.15, 0.2) is 6.29 Å². The van der Waals surface area contributed by atoms with Gasteiger partial charge in [-0.05, 0) is 38.8 Å². The number of benzene rings is 1. The van der Waals surface area contributed by atoms with Crippen molar-refractivity contribution in [2.24, 2.45) is 5.16 Å². The number of hydrogen-bond donors (Lipinski definition) is 1. The molecular weight excluding hydrogens is 374 g/mol. The number of nitrogens with one attached hydrogen (secondary N) is 1. The molecule has 8 nitrogen and oxygen atoms in total. The van der Waals surface area contributed by atoms with E-state index in [1.807, 2.05) is 26.8 Å². The van der Waals surface area contributed by atoms with E-state index in [-0.39, 0.29) is 19.0 Å². The van der Waals surface area contributed by atoms with Crippen molar-refractivity contribution in [1.29, 1.82) is 0 Å². The summed E-state index contributed by atoms with van der Waals surface area (Å²) >= 11 is 0. The molecule has 1 aliphatic heterocycles. The number of oxime groups is 1. The van der Waals surface area contributed by atoms with Crippen LogP contribution in [0.5, 0.6) is 0 Å². The summed E-state index contributed by atoms with van der Waals surface area (Å²) in [5.41, 5.74) is 1.58. The summed E-state index contributed by atoms with van der Waals surface area (Å²) in [7, 11) is 1.44. The van der Waals surface area contributed by atoms with Crippen LogP contribution in [0.25, 0.3) is 0 Å². The van der Waals surface area contributed by atoms with Gasteiger partial charge in [0.2, 0.25) is 0 Å². The van der Waals surface area contributed by atoms with Gasteiger partial charge in [-0.3, -0.25) is 9.59 Å². The molecule has 1 aromatic rings. The van der Waals surface area contributed by atoms with Crippen LogP contribution in [0.1, 0.15) is 47.9 Å². The molecule has 156 valence electrons. The molecule has 1 aromatic carbocycles. The topological polar surface area (TPSA) is 97.3 Å². The third-order valence-corrected chi connectivity index (χ3v) is 4.16. The van der Waals surface area contributed by atoms with Crippen LogP contribution in [0.15, 0.2) is 41.1 Å². The maximum absolute atomic E-state index is 12.3. The van der Waals surface area contributed by atoms with Crippen LogP contribution in [-0.4, -0.2) is 61.2 Å². The monoisotopic (exact) mass is 401 g/mol. The van der Waals surface area contributed by atoms with Crippen molar-refractivity contribution in [3.05, 3.63) is 47.0 Å². The van der Waals surface area contributed by atoms with Crippen LogP contribution in [0, 0.1) is 0 Å². The van der Waals surface area contributed by atoms with Gasteiger partial charge >= 0.3 is 6.09 Å². The highest BCUT2D eigenvalue weighted by Crippen LogP contribution is 2.18. The lowest BCUT2D eigenvalue weighted by Crippen LogP contribution is -2.44. The number of hydrogen-bond acceptors (Lipinski definition) is 6. The second-order valence-corrected chi connectivity index (χ2v) is 7.52. The highest BCUT2D eigenvalue weighted by molar-refractivity contribution is 6.04. The van der Waals surface area contributed by atoms with Gasteiger partial charge in [0.1, 0.15) is 18.4 Å². The Hall–Kier alpha value is -3.16. The third kappa shape index (κ3) is 6.44. The second kappa shape index (κ2) is 9.86. The van der Waals surface area contributed by atoms with Crippen molar-refractivity contribution in [3.8, 4) is 0 Å². The summed E-state index contributed by atoms with van der Waals surface area (Å²) in [6, 6.07) is 6.60. The van der Waals surface area contributed by atoms with Crippen molar-refractivity contribution in [1.82, 2.24) is 10.2 Å². The Balaban J connectivity index is 2.01. The Kier molecular flexibility index (Phi) is 7.52. The molecule has 0 aliphatic carbocycles. The van der Waals surface area contributed by atoms with Crippen LogP contribution in [-0.2, 0) is 9.57 Å². The number of ether oxygens (including phenoxy) is 1. The number of nitrogens with zero attached hydrogens (tertiary/aromatic N) is 2. The zero-order valence-corrected chi connectivity index (χ0v) is 17.2. The van der Waals surface area contributed by atoms with Gasteiger partial charge in [-0.2, -0.15) is 0 Å². The second-order valence-electron chi connectivity index (χ2n) is 7.52. The Morgan fingerprint density at radius 3 is 2.66 bits per heavy atom. The van der Waals surface area contributed by atoms with Crippen molar-refractivity contribution in [2.45, 2.75) is 32.8 Å². The average molecular weight is 401 g/mol. The van der Waals surface area contributed by atoms with Crippen molar-refractivity contribution >= 4 is 24.0 Å². The molecule has 0 aromatic heterocycles. The Labute approximate surface area is 170 Å². The molecule has 1 N–H and O–H groups in total. The number of piperidine rings is 1. The van der Waals surface area contributed by atoms with Gasteiger partial charge in [0.05, 0.1) is 6.54 Å². The van der Waals surface area contributed by atoms with E-state index >= 15 is 0 Å². The largest absolute Gasteiger partial charge is 0.444 e. The van der Waals surface area contributed by atoms with Crippen molar-refractivity contribution < 1.29 is 24.0 Å². The standard InChI is InChI=1S/C21H27N3O5/c1-21(2,3)29-20(27)24-12-10-15(18(13-24)23-28-4)9-11-22-19(26)17-8-6-5-7-16(17)14-25/h5-9,14H,10-13H2,1-4H3,(H,22,26)/b15-9+,23-18-. The highest BCUT2D eigenvalue weighted by Gasteiger charge is 2.28. The number of carbonyl (C=O) groups excluding carboxylic acids is 3. The van der Waals surface area contributed by atoms with Crippen molar-refractivity contribution in [3.63, 3.8) is 0 Å². The number of carbonyl (C=O) groups is 3. The van der Waals surface area contributed by atoms with Gasteiger partial charge < -0.3 is 19.8 Å². The first kappa shape index (κ1) is 22.1. The molecular formula is C21H27N3O5. The molecule has 1 aliphatic rings. The zero-order valence-electron chi connectivity index (χ0n) is 17.2. The predicted octanol–water partition coefficient (Wildman–Crippen LogP) is 2.80. The first-order valence-corrected chi connectivity index (χ1v) is 9.35. The van der Waals surface area contributed by atoms with E-state index in [1.165, 1.54) is 7.11 Å². The number of likely N-dealkylation sites (tertiary alicyclic amines) is 1. The molecule has 1 fully saturated rings. The van der Waals surface area contributed by atoms with Crippen LogP contribution >= 0.6 is 0 Å². The van der Waals surface area contributed by atoms with Crippen LogP contribution in [0.4, 0.5) is 4.79 Å². The molecule has 0 saturated carbocycles. The van der Waals surface area contributed by atoms with E-state index in [9.17, 15) is 14.4 Å². The lowest BCUT2D eigenvalue weighted by atomic mass is 10.0. The lowest BCUT2D eigenvalue weighted by molar-refractivity contribution is 0.0272. The first-order valence-electron chi connectivity index (χ1n) is 9.35. The van der Waals surface area contributed by atoms with Gasteiger partial charge in [-0.15, -0.1) is 0 Å². The minimum Gasteiger partial charge on any atom is -0.444 e. The molecule has 8 heteroatoms. The molecule has 2 amide bonds. The molecule has 0 atom stereocenters. The van der Waals surface area contributed by atoms with E-state index in [0.29, 0.717) is 36.1 Å². The fourth-order valence-electron chi connectivity index (χ4n) is 2.83. The number of amides is 2. The summed E-state index contributed by atoms with van der Waals surface area (Å²) in [5.74, 6) is -0.332. The Morgan fingerprint density at radius 1 is 1.28 bits per heavy atom. The maximum atomic E-state index is 12.3. The van der Waals surface area contributed by atoms with E-state index in [0.717, 1.165) is 5.57 Å². The summed E-state index contributed by atoms with van der Waals surface area (Å²) in [4.78, 5) is 42.2. The van der Waals surface area contributed by atoms with Gasteiger partial charge in [0, 0.05) is 24.2 Å². The molecule has 0 radical (unpaired) electrons. The van der Waals surface area contributed by atoms with Crippen LogP contribution in [0.3, 0.4) is 0 Å². The average Bonchev–Trinajstić information content (AvgIpc) is 2.67. The molecule has 2 rings (SSSR count). The van der Waals surface area contributed by atoms with E-state index in [1.54, 1.807) is 29.2 Å². The number of aldehydes is 1. The van der Waals surface area contributed by atoms with Gasteiger partial charge in [0.25, 0.3) is 5.91 Å². The number of rotatable bonds is 5. The lowest BCUT2D eigenvalue weighted by Gasteiger charge is -2.31. The third-order valence-electron chi connectivity index (χ3n) is 4.16. The molecule has 0 bridgehead atoms. The summed E-state index contributed by atoms with van der Waals surface area (Å²) in [6.45, 7) is 6.44. The van der Waals surface area contributed by atoms with E-state index in [2.05, 4.69) is 10.5 Å². The van der Waals surface area contributed by atoms with Gasteiger partial charge in [-0.25, -0.2) is 4.79 Å². The van der Waals surface area contributed by atoms with E-state index < -0.39 is 11.7 Å².